The van der Waals surface area contributed by atoms with E-state index in [9.17, 15) is 4.79 Å². The van der Waals surface area contributed by atoms with Gasteiger partial charge in [-0.15, -0.1) is 5.10 Å². The van der Waals surface area contributed by atoms with Gasteiger partial charge in [-0.25, -0.2) is 0 Å². The summed E-state index contributed by atoms with van der Waals surface area (Å²) in [6.07, 6.45) is 1.68. The molecular formula is C24H22N4OS. The fourth-order valence-corrected chi connectivity index (χ4v) is 4.52. The van der Waals surface area contributed by atoms with E-state index < -0.39 is 4.75 Å². The molecule has 1 heterocycles. The van der Waals surface area contributed by atoms with Gasteiger partial charge in [-0.2, -0.15) is 5.10 Å². The lowest BCUT2D eigenvalue weighted by Gasteiger charge is -2.25. The molecule has 0 aromatic heterocycles. The number of nitrogens with zero attached hydrogens (tertiary/aromatic N) is 3. The number of carbonyl (C=O) groups is 1. The van der Waals surface area contributed by atoms with Gasteiger partial charge < -0.3 is 10.2 Å². The molecule has 0 saturated carbocycles. The van der Waals surface area contributed by atoms with Gasteiger partial charge in [0.1, 0.15) is 0 Å². The number of thioether (sulfide) groups is 1. The van der Waals surface area contributed by atoms with Crippen molar-refractivity contribution in [3.63, 3.8) is 0 Å². The molecule has 1 fully saturated rings. The lowest BCUT2D eigenvalue weighted by molar-refractivity contribution is -0.120. The van der Waals surface area contributed by atoms with Gasteiger partial charge in [-0.1, -0.05) is 84.6 Å². The summed E-state index contributed by atoms with van der Waals surface area (Å²) < 4.78 is -0.885. The standard InChI is InChI=1S/C24H22N4OS/c1-28(2)21-15-13-18(14-16-21)17-25-27-23-26-22(29)24(30-23,19-9-5-3-6-10-19)20-11-7-4-8-12-20/h3-17H,1-2H3,(H,26,27,29)/b25-17-. The maximum absolute atomic E-state index is 13.2. The van der Waals surface area contributed by atoms with Gasteiger partial charge in [0, 0.05) is 19.8 Å². The van der Waals surface area contributed by atoms with Crippen molar-refractivity contribution in [3.8, 4) is 0 Å². The van der Waals surface area contributed by atoms with E-state index >= 15 is 0 Å². The van der Waals surface area contributed by atoms with Gasteiger partial charge in [0.25, 0.3) is 5.91 Å². The van der Waals surface area contributed by atoms with Crippen LogP contribution in [0.2, 0.25) is 0 Å². The van der Waals surface area contributed by atoms with Crippen molar-refractivity contribution >= 4 is 34.7 Å². The quantitative estimate of drug-likeness (QED) is 0.502. The van der Waals surface area contributed by atoms with E-state index in [0.29, 0.717) is 5.17 Å². The van der Waals surface area contributed by atoms with Crippen LogP contribution in [0.3, 0.4) is 0 Å². The molecule has 150 valence electrons. The summed E-state index contributed by atoms with van der Waals surface area (Å²) in [7, 11) is 4.00. The molecule has 4 rings (SSSR count). The van der Waals surface area contributed by atoms with Crippen molar-refractivity contribution in [1.29, 1.82) is 0 Å². The number of benzene rings is 3. The van der Waals surface area contributed by atoms with Gasteiger partial charge in [-0.05, 0) is 28.8 Å². The van der Waals surface area contributed by atoms with Crippen LogP contribution in [0.25, 0.3) is 0 Å². The number of anilines is 1. The van der Waals surface area contributed by atoms with Crippen molar-refractivity contribution in [2.24, 2.45) is 10.2 Å². The molecule has 3 aromatic carbocycles. The molecule has 0 atom stereocenters. The van der Waals surface area contributed by atoms with Crippen molar-refractivity contribution in [2.45, 2.75) is 4.75 Å². The molecule has 1 N–H and O–H groups in total. The lowest BCUT2D eigenvalue weighted by Crippen LogP contribution is -2.35. The lowest BCUT2D eigenvalue weighted by atomic mass is 9.89. The Bertz CT molecular complexity index is 1040. The summed E-state index contributed by atoms with van der Waals surface area (Å²) in [5.74, 6) is -0.116. The first-order chi connectivity index (χ1) is 14.6. The second-order valence-corrected chi connectivity index (χ2v) is 8.31. The first-order valence-electron chi connectivity index (χ1n) is 9.59. The third kappa shape index (κ3) is 3.86. The molecule has 0 unspecified atom stereocenters. The molecular weight excluding hydrogens is 392 g/mol. The summed E-state index contributed by atoms with van der Waals surface area (Å²) in [6.45, 7) is 0. The summed E-state index contributed by atoms with van der Waals surface area (Å²) in [5.41, 5.74) is 3.88. The van der Waals surface area contributed by atoms with Crippen LogP contribution >= 0.6 is 11.8 Å². The minimum Gasteiger partial charge on any atom is -0.378 e. The van der Waals surface area contributed by atoms with Crippen LogP contribution in [0.4, 0.5) is 5.69 Å². The Morgan fingerprint density at radius 2 is 1.43 bits per heavy atom. The minimum atomic E-state index is -0.885. The number of nitrogens with one attached hydrogen (secondary N) is 1. The molecule has 5 nitrogen and oxygen atoms in total. The zero-order chi connectivity index (χ0) is 21.0. The molecule has 1 aliphatic heterocycles. The maximum Gasteiger partial charge on any atom is 0.251 e. The predicted octanol–water partition coefficient (Wildman–Crippen LogP) is 4.25. The Hall–Kier alpha value is -3.38. The van der Waals surface area contributed by atoms with E-state index in [1.54, 1.807) is 6.21 Å². The van der Waals surface area contributed by atoms with Crippen LogP contribution in [0, 0.1) is 0 Å². The number of amidine groups is 1. The smallest absolute Gasteiger partial charge is 0.251 e. The average Bonchev–Trinajstić information content (AvgIpc) is 3.12. The summed E-state index contributed by atoms with van der Waals surface area (Å²) in [5, 5.41) is 11.9. The Morgan fingerprint density at radius 3 is 1.97 bits per heavy atom. The molecule has 0 radical (unpaired) electrons. The van der Waals surface area contributed by atoms with Crippen molar-refractivity contribution in [3.05, 3.63) is 102 Å². The maximum atomic E-state index is 13.2. The molecule has 30 heavy (non-hydrogen) atoms. The molecule has 3 aromatic rings. The second-order valence-electron chi connectivity index (χ2n) is 7.11. The van der Waals surface area contributed by atoms with E-state index in [2.05, 4.69) is 15.5 Å². The highest BCUT2D eigenvalue weighted by Crippen LogP contribution is 2.46. The number of rotatable bonds is 5. The highest BCUT2D eigenvalue weighted by Gasteiger charge is 2.49. The molecule has 6 heteroatoms. The number of amides is 1. The Labute approximate surface area is 180 Å². The summed E-state index contributed by atoms with van der Waals surface area (Å²) >= 11 is 1.38. The fraction of sp³-hybridized carbons (Fsp3) is 0.125. The Balaban J connectivity index is 1.62. The second kappa shape index (κ2) is 8.55. The summed E-state index contributed by atoms with van der Waals surface area (Å²) in [6, 6.07) is 27.6. The van der Waals surface area contributed by atoms with Crippen LogP contribution in [-0.4, -0.2) is 31.4 Å². The van der Waals surface area contributed by atoms with Crippen LogP contribution in [0.15, 0.2) is 95.1 Å². The molecule has 1 amide bonds. The molecule has 0 aliphatic carbocycles. The zero-order valence-electron chi connectivity index (χ0n) is 16.8. The van der Waals surface area contributed by atoms with E-state index in [4.69, 9.17) is 0 Å². The number of hydrogen-bond donors (Lipinski definition) is 1. The third-order valence-corrected chi connectivity index (χ3v) is 6.26. The van der Waals surface area contributed by atoms with E-state index in [1.165, 1.54) is 11.8 Å². The van der Waals surface area contributed by atoms with Crippen molar-refractivity contribution in [1.82, 2.24) is 5.32 Å². The van der Waals surface area contributed by atoms with E-state index in [0.717, 1.165) is 22.4 Å². The van der Waals surface area contributed by atoms with Gasteiger partial charge in [0.05, 0.1) is 6.21 Å². The Morgan fingerprint density at radius 1 is 0.867 bits per heavy atom. The molecule has 1 saturated heterocycles. The zero-order valence-corrected chi connectivity index (χ0v) is 17.6. The van der Waals surface area contributed by atoms with Crippen LogP contribution in [-0.2, 0) is 9.54 Å². The van der Waals surface area contributed by atoms with E-state index in [-0.39, 0.29) is 5.91 Å². The third-order valence-electron chi connectivity index (χ3n) is 4.92. The average molecular weight is 415 g/mol. The van der Waals surface area contributed by atoms with Crippen LogP contribution in [0.1, 0.15) is 16.7 Å². The van der Waals surface area contributed by atoms with Gasteiger partial charge in [0.2, 0.25) is 0 Å². The topological polar surface area (TPSA) is 57.1 Å². The monoisotopic (exact) mass is 414 g/mol. The van der Waals surface area contributed by atoms with Gasteiger partial charge in [0.15, 0.2) is 9.91 Å². The van der Waals surface area contributed by atoms with Crippen molar-refractivity contribution in [2.75, 3.05) is 19.0 Å². The Kier molecular flexibility index (Phi) is 5.68. The highest BCUT2D eigenvalue weighted by atomic mass is 32.2. The predicted molar refractivity (Wildman–Crippen MR) is 125 cm³/mol. The first kappa shape index (κ1) is 19.9. The SMILES string of the molecule is CN(C)c1ccc(/C=N\N=C2/NC(=O)C(c3ccccc3)(c3ccccc3)S2)cc1. The number of hydrogen-bond acceptors (Lipinski definition) is 5. The van der Waals surface area contributed by atoms with Gasteiger partial charge >= 0.3 is 0 Å². The fourth-order valence-electron chi connectivity index (χ4n) is 3.35. The van der Waals surface area contributed by atoms with Gasteiger partial charge in [-0.3, -0.25) is 4.79 Å². The molecule has 1 aliphatic rings. The van der Waals surface area contributed by atoms with E-state index in [1.807, 2.05) is 104 Å². The largest absolute Gasteiger partial charge is 0.378 e. The first-order valence-corrected chi connectivity index (χ1v) is 10.4. The molecule has 0 spiro atoms. The number of carbonyl (C=O) groups excluding carboxylic acids is 1. The minimum absolute atomic E-state index is 0.116. The normalized spacial score (nSPS) is 16.7. The van der Waals surface area contributed by atoms with Crippen LogP contribution in [0.5, 0.6) is 0 Å². The van der Waals surface area contributed by atoms with Crippen LogP contribution < -0.4 is 10.2 Å². The molecule has 0 bridgehead atoms. The summed E-state index contributed by atoms with van der Waals surface area (Å²) in [4.78, 5) is 15.2. The van der Waals surface area contributed by atoms with Crippen molar-refractivity contribution < 1.29 is 4.79 Å². The highest BCUT2D eigenvalue weighted by molar-refractivity contribution is 8.16.